The van der Waals surface area contributed by atoms with E-state index < -0.39 is 162 Å². The summed E-state index contributed by atoms with van der Waals surface area (Å²) in [5, 5.41) is 30.6. The number of carboxylic acid groups (broad SMARTS) is 1. The fraction of sp³-hybridized carbons (Fsp3) is 0.452. The van der Waals surface area contributed by atoms with Crippen LogP contribution in [0, 0.1) is 16.7 Å². The van der Waals surface area contributed by atoms with Crippen LogP contribution in [-0.4, -0.2) is 130 Å². The van der Waals surface area contributed by atoms with Crippen molar-refractivity contribution in [2.75, 3.05) is 6.61 Å². The third kappa shape index (κ3) is 11.6. The zero-order valence-corrected chi connectivity index (χ0v) is 47.3. The number of aliphatic hydroxyl groups is 1. The first kappa shape index (κ1) is 60.8. The zero-order valence-electron chi connectivity index (χ0n) is 47.3. The lowest BCUT2D eigenvalue weighted by Crippen LogP contribution is -2.82. The number of aliphatic carboxylic acids is 1. The Bertz CT molecular complexity index is 3250. The number of hydrogen-bond donors (Lipinski definition) is 4. The third-order valence-corrected chi connectivity index (χ3v) is 16.8. The lowest BCUT2D eigenvalue weighted by molar-refractivity contribution is -0.346. The first-order valence-corrected chi connectivity index (χ1v) is 27.5. The number of carbonyl (C=O) groups is 10. The summed E-state index contributed by atoms with van der Waals surface area (Å²) in [6, 6.07) is 24.2. The molecule has 440 valence electrons. The minimum Gasteiger partial charge on any atom is -0.481 e. The summed E-state index contributed by atoms with van der Waals surface area (Å²) in [6.45, 7) is 10.6. The van der Waals surface area contributed by atoms with Crippen molar-refractivity contribution in [1.29, 1.82) is 0 Å². The summed E-state index contributed by atoms with van der Waals surface area (Å²) in [5.41, 5.74) is -8.19. The average molecular weight is 1150 g/mol. The smallest absolute Gasteiger partial charge is 0.350 e. The molecule has 4 N–H and O–H groups in total. The standard InChI is InChI=1S/C62H68N2O19/c1-9-46(69)80-43-30-44-61(32-77-44,83-35(5)66)52-54(82-57(74)38-23-15-12-16-24-38)62(76)31-42(33(3)48(59(62,6)7)50(78-34(4)65)53(71)60(43,52)8)79-58(75)51(81-47(70)10-2)49(37-21-13-11-14-22-37)64-56(73)41(28-29-45(67)68)63-55(72)40-27-19-25-36-20-17-18-26-39(36)40/h11-27,41-44,49-52,54,76H,9-10,28-32H2,1-8H3,(H,63,72)(H,64,73)(H,67,68)/t41-,42+,43+,44-,49+,50-,51-,52+,54+,60-,61+,62-/m1/s1. The number of benzene rings is 4. The van der Waals surface area contributed by atoms with Gasteiger partial charge in [0.2, 0.25) is 12.0 Å². The summed E-state index contributed by atoms with van der Waals surface area (Å²) in [4.78, 5) is 141. The fourth-order valence-corrected chi connectivity index (χ4v) is 12.5. The molecule has 21 nitrogen and oxygen atoms in total. The molecular formula is C62H68N2O19. The Labute approximate surface area is 478 Å². The number of hydrogen-bond acceptors (Lipinski definition) is 18. The van der Waals surface area contributed by atoms with Gasteiger partial charge in [0, 0.05) is 56.9 Å². The minimum absolute atomic E-state index is 0.00635. The van der Waals surface area contributed by atoms with Gasteiger partial charge in [-0.2, -0.15) is 0 Å². The topological polar surface area (TPSA) is 300 Å². The largest absolute Gasteiger partial charge is 0.481 e. The zero-order chi connectivity index (χ0) is 60.3. The van der Waals surface area contributed by atoms with E-state index in [1.807, 2.05) is 0 Å². The maximum atomic E-state index is 16.2. The predicted molar refractivity (Wildman–Crippen MR) is 292 cm³/mol. The molecule has 1 aliphatic heterocycles. The Morgan fingerprint density at radius 3 is 2.01 bits per heavy atom. The Kier molecular flexibility index (Phi) is 17.8. The Morgan fingerprint density at radius 2 is 1.40 bits per heavy atom. The number of amides is 2. The van der Waals surface area contributed by atoms with Crippen molar-refractivity contribution < 1.29 is 91.3 Å². The molecule has 0 aromatic heterocycles. The van der Waals surface area contributed by atoms with Gasteiger partial charge in [0.05, 0.1) is 23.5 Å². The lowest BCUT2D eigenvalue weighted by Gasteiger charge is -2.67. The van der Waals surface area contributed by atoms with Crippen molar-refractivity contribution in [2.24, 2.45) is 16.7 Å². The number of ketones is 1. The highest BCUT2D eigenvalue weighted by Crippen LogP contribution is 2.65. The second-order valence-electron chi connectivity index (χ2n) is 22.1. The number of ether oxygens (including phenoxy) is 7. The molecular weight excluding hydrogens is 1080 g/mol. The van der Waals surface area contributed by atoms with Crippen molar-refractivity contribution in [3.05, 3.63) is 131 Å². The summed E-state index contributed by atoms with van der Waals surface area (Å²) in [5.74, 6) is -11.5. The summed E-state index contributed by atoms with van der Waals surface area (Å²) >= 11 is 0. The van der Waals surface area contributed by atoms with E-state index in [1.54, 1.807) is 72.8 Å². The highest BCUT2D eigenvalue weighted by molar-refractivity contribution is 6.08. The van der Waals surface area contributed by atoms with Crippen LogP contribution in [0.15, 0.2) is 114 Å². The van der Waals surface area contributed by atoms with Crippen molar-refractivity contribution in [3.63, 3.8) is 0 Å². The molecule has 83 heavy (non-hydrogen) atoms. The molecule has 4 aromatic rings. The van der Waals surface area contributed by atoms with E-state index in [2.05, 4.69) is 10.6 Å². The maximum Gasteiger partial charge on any atom is 0.350 e. The SMILES string of the molecule is CCC(=O)O[C@H]1C[C@H]2OC[C@@]2(OC(C)=O)[C@H]2[C@H](OC(=O)c3ccccc3)[C@]3(O)C[C@H](OC(=O)[C@H](OC(=O)CC)[C@@H](NC(=O)[C@@H](CCC(=O)O)NC(=O)c4cccc5ccccc45)c4ccccc4)C(C)=C([C@@H](OC(C)=O)C(=O)[C@]12C)C3(C)C. The highest BCUT2D eigenvalue weighted by atomic mass is 16.6. The normalized spacial score (nSPS) is 26.9. The van der Waals surface area contributed by atoms with Crippen molar-refractivity contribution in [2.45, 2.75) is 154 Å². The average Bonchev–Trinajstić information content (AvgIpc) is 0.805. The van der Waals surface area contributed by atoms with Crippen LogP contribution in [-0.2, 0) is 71.5 Å². The van der Waals surface area contributed by atoms with E-state index in [-0.39, 0.29) is 47.1 Å². The number of esters is 6. The number of rotatable bonds is 19. The van der Waals surface area contributed by atoms with Crippen LogP contribution in [0.4, 0.5) is 0 Å². The first-order chi connectivity index (χ1) is 39.3. The molecule has 3 fully saturated rings. The molecule has 2 bridgehead atoms. The fourth-order valence-electron chi connectivity index (χ4n) is 12.5. The minimum atomic E-state index is -2.57. The van der Waals surface area contributed by atoms with Gasteiger partial charge in [0.1, 0.15) is 42.1 Å². The van der Waals surface area contributed by atoms with Crippen molar-refractivity contribution in [3.8, 4) is 0 Å². The number of fused-ring (bicyclic) bond motifs is 6. The molecule has 4 aromatic carbocycles. The second kappa shape index (κ2) is 24.3. The number of carbonyl (C=O) groups excluding carboxylic acids is 9. The lowest BCUT2D eigenvalue weighted by atomic mass is 9.44. The van der Waals surface area contributed by atoms with Crippen LogP contribution in [0.2, 0.25) is 0 Å². The van der Waals surface area contributed by atoms with Crippen LogP contribution in [0.5, 0.6) is 0 Å². The number of carboxylic acids is 1. The Morgan fingerprint density at radius 1 is 0.759 bits per heavy atom. The number of nitrogens with one attached hydrogen (secondary N) is 2. The predicted octanol–water partition coefficient (Wildman–Crippen LogP) is 6.16. The Balaban J connectivity index is 1.27. The number of Topliss-reactive ketones (excluding diaryl/α,β-unsaturated/α-hetero) is 1. The Hall–Kier alpha value is -8.30. The molecule has 3 aliphatic carbocycles. The molecule has 21 heteroatoms. The summed E-state index contributed by atoms with van der Waals surface area (Å²) in [6.07, 6.45) is -12.7. The van der Waals surface area contributed by atoms with E-state index in [0.29, 0.717) is 10.8 Å². The van der Waals surface area contributed by atoms with Gasteiger partial charge in [-0.25, -0.2) is 9.59 Å². The molecule has 1 heterocycles. The van der Waals surface area contributed by atoms with E-state index >= 15 is 9.59 Å². The van der Waals surface area contributed by atoms with Crippen LogP contribution in [0.3, 0.4) is 0 Å². The molecule has 2 amide bonds. The van der Waals surface area contributed by atoms with Gasteiger partial charge >= 0.3 is 41.8 Å². The van der Waals surface area contributed by atoms with Crippen LogP contribution in [0.25, 0.3) is 10.8 Å². The van der Waals surface area contributed by atoms with Gasteiger partial charge < -0.3 is 54.0 Å². The van der Waals surface area contributed by atoms with Crippen LogP contribution in [0.1, 0.15) is 126 Å². The van der Waals surface area contributed by atoms with Crippen LogP contribution < -0.4 is 10.6 Å². The third-order valence-electron chi connectivity index (χ3n) is 16.8. The van der Waals surface area contributed by atoms with Crippen molar-refractivity contribution >= 4 is 70.2 Å². The summed E-state index contributed by atoms with van der Waals surface area (Å²) in [7, 11) is 0. The monoisotopic (exact) mass is 1140 g/mol. The van der Waals surface area contributed by atoms with E-state index in [4.69, 9.17) is 33.2 Å². The van der Waals surface area contributed by atoms with Gasteiger partial charge in [-0.3, -0.25) is 38.4 Å². The molecule has 0 radical (unpaired) electrons. The summed E-state index contributed by atoms with van der Waals surface area (Å²) < 4.78 is 43.2. The second-order valence-corrected chi connectivity index (χ2v) is 22.1. The van der Waals surface area contributed by atoms with E-state index in [0.717, 1.165) is 13.8 Å². The van der Waals surface area contributed by atoms with E-state index in [9.17, 15) is 48.6 Å². The molecule has 1 saturated heterocycles. The first-order valence-electron chi connectivity index (χ1n) is 27.5. The molecule has 2 saturated carbocycles. The van der Waals surface area contributed by atoms with Gasteiger partial charge in [-0.1, -0.05) is 113 Å². The van der Waals surface area contributed by atoms with Gasteiger partial charge in [0.15, 0.2) is 17.5 Å². The van der Waals surface area contributed by atoms with Crippen LogP contribution >= 0.6 is 0 Å². The van der Waals surface area contributed by atoms with Gasteiger partial charge in [-0.05, 0) is 65.9 Å². The molecule has 8 rings (SSSR count). The molecule has 12 atom stereocenters. The molecule has 4 aliphatic rings. The maximum absolute atomic E-state index is 16.2. The van der Waals surface area contributed by atoms with Crippen molar-refractivity contribution in [1.82, 2.24) is 10.6 Å². The van der Waals surface area contributed by atoms with Gasteiger partial charge in [0.25, 0.3) is 5.91 Å². The quantitative estimate of drug-likeness (QED) is 0.0464. The molecule has 0 spiro atoms. The molecule has 0 unspecified atom stereocenters. The highest BCUT2D eigenvalue weighted by Gasteiger charge is 2.79. The van der Waals surface area contributed by atoms with Gasteiger partial charge in [-0.15, -0.1) is 0 Å². The van der Waals surface area contributed by atoms with E-state index in [1.165, 1.54) is 71.9 Å².